The highest BCUT2D eigenvalue weighted by atomic mass is 16.4. The molecule has 1 aromatic heterocycles. The van der Waals surface area contributed by atoms with E-state index < -0.39 is 5.97 Å². The Morgan fingerprint density at radius 3 is 2.57 bits per heavy atom. The van der Waals surface area contributed by atoms with E-state index in [0.717, 1.165) is 12.5 Å². The molecule has 0 aromatic carbocycles. The van der Waals surface area contributed by atoms with Crippen LogP contribution in [0.3, 0.4) is 0 Å². The number of aliphatic carboxylic acids is 1. The number of amides is 1. The van der Waals surface area contributed by atoms with Gasteiger partial charge in [0.15, 0.2) is 0 Å². The Hall–Kier alpha value is -2.17. The van der Waals surface area contributed by atoms with Crippen molar-refractivity contribution in [3.05, 3.63) is 35.7 Å². The molecule has 0 radical (unpaired) electrons. The van der Waals surface area contributed by atoms with Gasteiger partial charge in [0.2, 0.25) is 0 Å². The number of hydrogen-bond acceptors (Lipinski definition) is 3. The van der Waals surface area contributed by atoms with E-state index in [9.17, 15) is 9.59 Å². The highest BCUT2D eigenvalue weighted by molar-refractivity contribution is 5.92. The van der Waals surface area contributed by atoms with Crippen LogP contribution in [0.4, 0.5) is 0 Å². The van der Waals surface area contributed by atoms with Gasteiger partial charge >= 0.3 is 5.97 Å². The molecular formula is C16H22N2O3. The van der Waals surface area contributed by atoms with Crippen molar-refractivity contribution >= 4 is 18.0 Å². The van der Waals surface area contributed by atoms with Crippen molar-refractivity contribution in [3.8, 4) is 0 Å². The third-order valence-corrected chi connectivity index (χ3v) is 3.32. The first kappa shape index (κ1) is 16.9. The minimum absolute atomic E-state index is 0.0911. The minimum atomic E-state index is -1.01. The third kappa shape index (κ3) is 5.38. The number of carboxylic acid groups (broad SMARTS) is 1. The van der Waals surface area contributed by atoms with E-state index in [4.69, 9.17) is 5.11 Å². The largest absolute Gasteiger partial charge is 0.478 e. The molecule has 0 saturated carbocycles. The smallest absolute Gasteiger partial charge is 0.328 e. The molecule has 1 unspecified atom stereocenters. The number of hydrogen-bond donors (Lipinski definition) is 1. The van der Waals surface area contributed by atoms with Gasteiger partial charge in [-0.3, -0.25) is 9.78 Å². The summed E-state index contributed by atoms with van der Waals surface area (Å²) in [6, 6.07) is 3.32. The molecule has 0 saturated heterocycles. The van der Waals surface area contributed by atoms with Gasteiger partial charge in [-0.2, -0.15) is 0 Å². The first-order valence-corrected chi connectivity index (χ1v) is 7.14. The Kier molecular flexibility index (Phi) is 6.59. The van der Waals surface area contributed by atoms with E-state index in [-0.39, 0.29) is 5.91 Å². The summed E-state index contributed by atoms with van der Waals surface area (Å²) in [6.07, 6.45) is 5.01. The number of carbonyl (C=O) groups is 2. The Labute approximate surface area is 125 Å². The molecule has 5 heteroatoms. The van der Waals surface area contributed by atoms with Crippen LogP contribution in [-0.4, -0.2) is 40.0 Å². The molecule has 5 nitrogen and oxygen atoms in total. The van der Waals surface area contributed by atoms with Crippen LogP contribution in [0.5, 0.6) is 0 Å². The molecule has 1 N–H and O–H groups in total. The Bertz CT molecular complexity index is 509. The number of rotatable bonds is 7. The number of aromatic nitrogens is 1. The van der Waals surface area contributed by atoms with Gasteiger partial charge in [-0.05, 0) is 30.5 Å². The van der Waals surface area contributed by atoms with Crippen LogP contribution in [0.2, 0.25) is 0 Å². The van der Waals surface area contributed by atoms with Crippen LogP contribution in [0.25, 0.3) is 6.08 Å². The van der Waals surface area contributed by atoms with Crippen LogP contribution < -0.4 is 0 Å². The van der Waals surface area contributed by atoms with E-state index >= 15 is 0 Å². The van der Waals surface area contributed by atoms with Gasteiger partial charge in [0.1, 0.15) is 5.69 Å². The van der Waals surface area contributed by atoms with E-state index in [2.05, 4.69) is 18.8 Å². The molecule has 0 aliphatic heterocycles. The topological polar surface area (TPSA) is 70.5 Å². The van der Waals surface area contributed by atoms with Gasteiger partial charge in [0, 0.05) is 25.4 Å². The van der Waals surface area contributed by atoms with Gasteiger partial charge < -0.3 is 10.0 Å². The van der Waals surface area contributed by atoms with Crippen molar-refractivity contribution in [2.45, 2.75) is 27.2 Å². The summed E-state index contributed by atoms with van der Waals surface area (Å²) >= 11 is 0. The molecule has 1 atom stereocenters. The molecule has 1 rings (SSSR count). The van der Waals surface area contributed by atoms with E-state index in [1.54, 1.807) is 17.0 Å². The number of carboxylic acids is 1. The van der Waals surface area contributed by atoms with E-state index in [0.29, 0.717) is 30.3 Å². The molecule has 21 heavy (non-hydrogen) atoms. The average molecular weight is 290 g/mol. The highest BCUT2D eigenvalue weighted by Gasteiger charge is 2.17. The fraction of sp³-hybridized carbons (Fsp3) is 0.438. The quantitative estimate of drug-likeness (QED) is 0.784. The molecule has 0 bridgehead atoms. The molecule has 0 aliphatic rings. The summed E-state index contributed by atoms with van der Waals surface area (Å²) in [5, 5.41) is 8.56. The minimum Gasteiger partial charge on any atom is -0.478 e. The molecular weight excluding hydrogens is 268 g/mol. The predicted octanol–water partition coefficient (Wildman–Crippen LogP) is 2.69. The molecule has 0 fully saturated rings. The summed E-state index contributed by atoms with van der Waals surface area (Å²) in [6.45, 7) is 7.53. The standard InChI is InChI=1S/C16H22N2O3/c1-4-12(3)11-18(5-2)16(21)14-8-6-13(10-17-14)7-9-15(19)20/h6-10,12H,4-5,11H2,1-3H3,(H,19,20). The van der Waals surface area contributed by atoms with Gasteiger partial charge in [0.25, 0.3) is 5.91 Å². The summed E-state index contributed by atoms with van der Waals surface area (Å²) in [4.78, 5) is 28.7. The Balaban J connectivity index is 2.79. The Morgan fingerprint density at radius 1 is 1.38 bits per heavy atom. The zero-order valence-electron chi connectivity index (χ0n) is 12.7. The monoisotopic (exact) mass is 290 g/mol. The lowest BCUT2D eigenvalue weighted by Gasteiger charge is -2.23. The van der Waals surface area contributed by atoms with Gasteiger partial charge in [0.05, 0.1) is 0 Å². The predicted molar refractivity (Wildman–Crippen MR) is 81.9 cm³/mol. The fourth-order valence-corrected chi connectivity index (χ4v) is 1.82. The van der Waals surface area contributed by atoms with Crippen LogP contribution in [-0.2, 0) is 4.79 Å². The van der Waals surface area contributed by atoms with Crippen molar-refractivity contribution in [1.82, 2.24) is 9.88 Å². The maximum atomic E-state index is 12.4. The molecule has 114 valence electrons. The highest BCUT2D eigenvalue weighted by Crippen LogP contribution is 2.09. The molecule has 1 amide bonds. The zero-order chi connectivity index (χ0) is 15.8. The van der Waals surface area contributed by atoms with Gasteiger partial charge in [-0.15, -0.1) is 0 Å². The third-order valence-electron chi connectivity index (χ3n) is 3.32. The zero-order valence-corrected chi connectivity index (χ0v) is 12.7. The van der Waals surface area contributed by atoms with Gasteiger partial charge in [-0.1, -0.05) is 26.3 Å². The van der Waals surface area contributed by atoms with Gasteiger partial charge in [-0.25, -0.2) is 4.79 Å². The van der Waals surface area contributed by atoms with Crippen molar-refractivity contribution < 1.29 is 14.7 Å². The second-order valence-corrected chi connectivity index (χ2v) is 5.01. The summed E-state index contributed by atoms with van der Waals surface area (Å²) in [5.74, 6) is -0.654. The van der Waals surface area contributed by atoms with Crippen LogP contribution in [0.15, 0.2) is 24.4 Å². The Morgan fingerprint density at radius 2 is 2.10 bits per heavy atom. The summed E-state index contributed by atoms with van der Waals surface area (Å²) < 4.78 is 0. The maximum absolute atomic E-state index is 12.4. The molecule has 1 aromatic rings. The molecule has 0 spiro atoms. The van der Waals surface area contributed by atoms with E-state index in [1.165, 1.54) is 12.3 Å². The van der Waals surface area contributed by atoms with E-state index in [1.807, 2.05) is 6.92 Å². The summed E-state index contributed by atoms with van der Waals surface area (Å²) in [5.41, 5.74) is 1.03. The van der Waals surface area contributed by atoms with Crippen LogP contribution in [0.1, 0.15) is 43.2 Å². The van der Waals surface area contributed by atoms with Crippen molar-refractivity contribution in [2.24, 2.45) is 5.92 Å². The van der Waals surface area contributed by atoms with Crippen molar-refractivity contribution in [2.75, 3.05) is 13.1 Å². The number of nitrogens with zero attached hydrogens (tertiary/aromatic N) is 2. The fourth-order valence-electron chi connectivity index (χ4n) is 1.82. The number of pyridine rings is 1. The normalized spacial score (nSPS) is 12.3. The summed E-state index contributed by atoms with van der Waals surface area (Å²) in [7, 11) is 0. The second kappa shape index (κ2) is 8.19. The van der Waals surface area contributed by atoms with Crippen molar-refractivity contribution in [3.63, 3.8) is 0 Å². The lowest BCUT2D eigenvalue weighted by Crippen LogP contribution is -2.35. The van der Waals surface area contributed by atoms with Crippen LogP contribution >= 0.6 is 0 Å². The SMILES string of the molecule is CCC(C)CN(CC)C(=O)c1ccc(C=CC(=O)O)cn1. The molecule has 1 heterocycles. The first-order valence-electron chi connectivity index (χ1n) is 7.14. The number of carbonyl (C=O) groups excluding carboxylic acids is 1. The van der Waals surface area contributed by atoms with Crippen molar-refractivity contribution in [1.29, 1.82) is 0 Å². The lowest BCUT2D eigenvalue weighted by atomic mass is 10.1. The first-order chi connectivity index (χ1) is 9.97. The second-order valence-electron chi connectivity index (χ2n) is 5.01. The molecule has 0 aliphatic carbocycles. The maximum Gasteiger partial charge on any atom is 0.328 e. The lowest BCUT2D eigenvalue weighted by molar-refractivity contribution is -0.131. The average Bonchev–Trinajstić information content (AvgIpc) is 2.50. The van der Waals surface area contributed by atoms with Crippen LogP contribution in [0, 0.1) is 5.92 Å².